The topological polar surface area (TPSA) is 58.6 Å². The molecule has 2 aromatic carbocycles. The van der Waals surface area contributed by atoms with Crippen molar-refractivity contribution in [1.29, 1.82) is 0 Å². The number of hydrogen-bond donors (Lipinski definition) is 1. The van der Waals surface area contributed by atoms with E-state index in [0.717, 1.165) is 24.8 Å². The predicted octanol–water partition coefficient (Wildman–Crippen LogP) is 4.00. The maximum atomic E-state index is 13.0. The fourth-order valence-electron chi connectivity index (χ4n) is 3.16. The van der Waals surface area contributed by atoms with Gasteiger partial charge in [0.2, 0.25) is 5.91 Å². The maximum absolute atomic E-state index is 13.0. The molecule has 0 aliphatic carbocycles. The lowest BCUT2D eigenvalue weighted by Gasteiger charge is -2.28. The molecule has 1 N–H and O–H groups in total. The summed E-state index contributed by atoms with van der Waals surface area (Å²) in [6.45, 7) is 6.95. The number of aryl methyl sites for hydroxylation is 1. The van der Waals surface area contributed by atoms with Gasteiger partial charge >= 0.3 is 0 Å². The number of benzene rings is 2. The Morgan fingerprint density at radius 3 is 2.33 bits per heavy atom. The van der Waals surface area contributed by atoms with Crippen LogP contribution in [0.25, 0.3) is 0 Å². The molecule has 0 radical (unpaired) electrons. The van der Waals surface area contributed by atoms with Crippen molar-refractivity contribution in [2.45, 2.75) is 52.5 Å². The maximum Gasteiger partial charge on any atom is 0.261 e. The summed E-state index contributed by atoms with van der Waals surface area (Å²) in [6.07, 6.45) is 3.57. The summed E-state index contributed by atoms with van der Waals surface area (Å²) in [5.74, 6) is 0.337. The number of rotatable bonds is 12. The van der Waals surface area contributed by atoms with E-state index in [9.17, 15) is 9.59 Å². The Kier molecular flexibility index (Phi) is 9.92. The van der Waals surface area contributed by atoms with Crippen LogP contribution >= 0.6 is 0 Å². The number of hydrogen-bond acceptors (Lipinski definition) is 3. The molecule has 0 fully saturated rings. The molecular formula is C25H34N2O3. The molecule has 0 aliphatic rings. The second-order valence-electron chi connectivity index (χ2n) is 7.43. The Balaban J connectivity index is 2.01. The van der Waals surface area contributed by atoms with Gasteiger partial charge in [-0.15, -0.1) is 0 Å². The molecule has 2 rings (SSSR count). The first-order valence-electron chi connectivity index (χ1n) is 10.9. The second-order valence-corrected chi connectivity index (χ2v) is 7.43. The van der Waals surface area contributed by atoms with Crippen LogP contribution in [0.2, 0.25) is 0 Å². The Hall–Kier alpha value is -2.82. The van der Waals surface area contributed by atoms with Crippen LogP contribution in [0.3, 0.4) is 0 Å². The van der Waals surface area contributed by atoms with Gasteiger partial charge in [0.25, 0.3) is 5.91 Å². The van der Waals surface area contributed by atoms with Gasteiger partial charge < -0.3 is 15.0 Å². The minimum atomic E-state index is -0.552. The van der Waals surface area contributed by atoms with Crippen LogP contribution < -0.4 is 10.1 Å². The summed E-state index contributed by atoms with van der Waals surface area (Å²) < 4.78 is 5.71. The van der Waals surface area contributed by atoms with Crippen molar-refractivity contribution in [3.8, 4) is 5.75 Å². The lowest BCUT2D eigenvalue weighted by molar-refractivity contribution is -0.141. The van der Waals surface area contributed by atoms with Gasteiger partial charge in [-0.3, -0.25) is 9.59 Å². The third-order valence-corrected chi connectivity index (χ3v) is 5.17. The molecule has 5 heteroatoms. The summed E-state index contributed by atoms with van der Waals surface area (Å²) >= 11 is 0. The second kappa shape index (κ2) is 12.7. The summed E-state index contributed by atoms with van der Waals surface area (Å²) in [7, 11) is 0. The highest BCUT2D eigenvalue weighted by molar-refractivity contribution is 5.87. The van der Waals surface area contributed by atoms with Crippen LogP contribution in [0.15, 0.2) is 54.6 Å². The van der Waals surface area contributed by atoms with Crippen molar-refractivity contribution >= 4 is 11.8 Å². The number of carbonyl (C=O) groups excluding carboxylic acids is 2. The standard InChI is InChI=1S/C25H34N2O3/c1-4-6-17-26-25(29)20(3)27(18-16-22-10-8-7-9-11-22)24(28)19-30-23-14-12-21(5-2)13-15-23/h7-15,20H,4-6,16-19H2,1-3H3,(H,26,29). The van der Waals surface area contributed by atoms with Crippen molar-refractivity contribution < 1.29 is 14.3 Å². The number of carbonyl (C=O) groups is 2. The van der Waals surface area contributed by atoms with E-state index in [1.54, 1.807) is 11.8 Å². The van der Waals surface area contributed by atoms with E-state index < -0.39 is 6.04 Å². The van der Waals surface area contributed by atoms with E-state index in [-0.39, 0.29) is 18.4 Å². The quantitative estimate of drug-likeness (QED) is 0.538. The number of nitrogens with one attached hydrogen (secondary N) is 1. The van der Waals surface area contributed by atoms with Crippen molar-refractivity contribution in [3.63, 3.8) is 0 Å². The molecule has 2 aromatic rings. The number of nitrogens with zero attached hydrogens (tertiary/aromatic N) is 1. The Bertz CT molecular complexity index is 775. The highest BCUT2D eigenvalue weighted by atomic mass is 16.5. The zero-order chi connectivity index (χ0) is 21.8. The molecule has 0 bridgehead atoms. The van der Waals surface area contributed by atoms with E-state index in [4.69, 9.17) is 4.74 Å². The summed E-state index contributed by atoms with van der Waals surface area (Å²) in [5.41, 5.74) is 2.35. The van der Waals surface area contributed by atoms with Crippen LogP contribution in [0.5, 0.6) is 5.75 Å². The van der Waals surface area contributed by atoms with Crippen LogP contribution in [0.1, 0.15) is 44.7 Å². The molecule has 0 saturated heterocycles. The van der Waals surface area contributed by atoms with Gasteiger partial charge in [0, 0.05) is 13.1 Å². The zero-order valence-corrected chi connectivity index (χ0v) is 18.4. The van der Waals surface area contributed by atoms with Crippen LogP contribution in [-0.2, 0) is 22.4 Å². The lowest BCUT2D eigenvalue weighted by atomic mass is 10.1. The molecular weight excluding hydrogens is 376 g/mol. The number of amides is 2. The van der Waals surface area contributed by atoms with E-state index in [0.29, 0.717) is 25.3 Å². The summed E-state index contributed by atoms with van der Waals surface area (Å²) in [6, 6.07) is 17.2. The average molecular weight is 411 g/mol. The molecule has 0 heterocycles. The Labute approximate surface area is 180 Å². The van der Waals surface area contributed by atoms with Gasteiger partial charge in [-0.05, 0) is 49.4 Å². The predicted molar refractivity (Wildman–Crippen MR) is 121 cm³/mol. The highest BCUT2D eigenvalue weighted by Crippen LogP contribution is 2.13. The van der Waals surface area contributed by atoms with Gasteiger partial charge in [-0.2, -0.15) is 0 Å². The zero-order valence-electron chi connectivity index (χ0n) is 18.4. The van der Waals surface area contributed by atoms with Gasteiger partial charge in [0.15, 0.2) is 6.61 Å². The third-order valence-electron chi connectivity index (χ3n) is 5.17. The summed E-state index contributed by atoms with van der Waals surface area (Å²) in [4.78, 5) is 27.2. The normalized spacial score (nSPS) is 11.6. The first kappa shape index (κ1) is 23.5. The van der Waals surface area contributed by atoms with E-state index in [1.165, 1.54) is 5.56 Å². The smallest absolute Gasteiger partial charge is 0.261 e. The molecule has 0 aliphatic heterocycles. The average Bonchev–Trinajstić information content (AvgIpc) is 2.78. The fraction of sp³-hybridized carbons (Fsp3) is 0.440. The Morgan fingerprint density at radius 2 is 1.70 bits per heavy atom. The molecule has 0 saturated carbocycles. The van der Waals surface area contributed by atoms with E-state index in [1.807, 2.05) is 54.6 Å². The fourth-order valence-corrected chi connectivity index (χ4v) is 3.16. The summed E-state index contributed by atoms with van der Waals surface area (Å²) in [5, 5.41) is 2.93. The van der Waals surface area contributed by atoms with Crippen molar-refractivity contribution in [2.24, 2.45) is 0 Å². The largest absolute Gasteiger partial charge is 0.484 e. The van der Waals surface area contributed by atoms with Gasteiger partial charge in [-0.25, -0.2) is 0 Å². The SMILES string of the molecule is CCCCNC(=O)C(C)N(CCc1ccccc1)C(=O)COc1ccc(CC)cc1. The molecule has 2 amide bonds. The lowest BCUT2D eigenvalue weighted by Crippen LogP contribution is -2.50. The van der Waals surface area contributed by atoms with Crippen LogP contribution in [-0.4, -0.2) is 42.5 Å². The van der Waals surface area contributed by atoms with Crippen molar-refractivity contribution in [3.05, 3.63) is 65.7 Å². The molecule has 162 valence electrons. The monoisotopic (exact) mass is 410 g/mol. The number of unbranched alkanes of at least 4 members (excludes halogenated alkanes) is 1. The minimum absolute atomic E-state index is 0.0904. The molecule has 1 unspecified atom stereocenters. The molecule has 0 spiro atoms. The van der Waals surface area contributed by atoms with Crippen molar-refractivity contribution in [2.75, 3.05) is 19.7 Å². The van der Waals surface area contributed by atoms with Crippen LogP contribution in [0, 0.1) is 0 Å². The van der Waals surface area contributed by atoms with Gasteiger partial charge in [0.1, 0.15) is 11.8 Å². The Morgan fingerprint density at radius 1 is 1.00 bits per heavy atom. The molecule has 0 aromatic heterocycles. The number of ether oxygens (including phenoxy) is 1. The van der Waals surface area contributed by atoms with E-state index >= 15 is 0 Å². The van der Waals surface area contributed by atoms with E-state index in [2.05, 4.69) is 19.2 Å². The van der Waals surface area contributed by atoms with Crippen molar-refractivity contribution in [1.82, 2.24) is 10.2 Å². The van der Waals surface area contributed by atoms with Gasteiger partial charge in [-0.1, -0.05) is 62.7 Å². The first-order chi connectivity index (χ1) is 14.5. The molecule has 30 heavy (non-hydrogen) atoms. The first-order valence-corrected chi connectivity index (χ1v) is 10.9. The van der Waals surface area contributed by atoms with Crippen LogP contribution in [0.4, 0.5) is 0 Å². The minimum Gasteiger partial charge on any atom is -0.484 e. The highest BCUT2D eigenvalue weighted by Gasteiger charge is 2.25. The molecule has 5 nitrogen and oxygen atoms in total. The molecule has 1 atom stereocenters. The third kappa shape index (κ3) is 7.54. The van der Waals surface area contributed by atoms with Gasteiger partial charge in [0.05, 0.1) is 0 Å².